The molecule has 1 rings (SSSR count). The van der Waals surface area contributed by atoms with Crippen LogP contribution >= 0.6 is 0 Å². The first-order chi connectivity index (χ1) is 9.79. The summed E-state index contributed by atoms with van der Waals surface area (Å²) in [5.74, 6) is -1.71. The average Bonchev–Trinajstić information content (AvgIpc) is 2.37. The molecule has 4 nitrogen and oxygen atoms in total. The van der Waals surface area contributed by atoms with Gasteiger partial charge in [-0.1, -0.05) is 32.9 Å². The van der Waals surface area contributed by atoms with Gasteiger partial charge >= 0.3 is 5.97 Å². The van der Waals surface area contributed by atoms with Crippen molar-refractivity contribution < 1.29 is 19.1 Å². The Morgan fingerprint density at radius 1 is 1.29 bits per heavy atom. The number of rotatable bonds is 7. The molecule has 1 amide bonds. The van der Waals surface area contributed by atoms with Gasteiger partial charge < -0.3 is 10.4 Å². The second-order valence-corrected chi connectivity index (χ2v) is 5.75. The summed E-state index contributed by atoms with van der Waals surface area (Å²) in [6.07, 6.45) is 0.515. The minimum atomic E-state index is -1.03. The summed E-state index contributed by atoms with van der Waals surface area (Å²) in [6.45, 7) is 5.61. The molecule has 0 heterocycles. The molecule has 21 heavy (non-hydrogen) atoms. The molecular formula is C16H22FNO3. The molecule has 0 spiro atoms. The van der Waals surface area contributed by atoms with E-state index in [9.17, 15) is 14.0 Å². The smallest absolute Gasteiger partial charge is 0.326 e. The van der Waals surface area contributed by atoms with Crippen LogP contribution in [0.4, 0.5) is 4.39 Å². The van der Waals surface area contributed by atoms with Crippen LogP contribution in [0.3, 0.4) is 0 Å². The maximum absolute atomic E-state index is 13.1. The van der Waals surface area contributed by atoms with Crippen molar-refractivity contribution in [2.24, 2.45) is 5.92 Å². The molecule has 0 radical (unpaired) electrons. The van der Waals surface area contributed by atoms with E-state index in [4.69, 9.17) is 5.11 Å². The van der Waals surface area contributed by atoms with Gasteiger partial charge in [-0.05, 0) is 36.0 Å². The van der Waals surface area contributed by atoms with Crippen molar-refractivity contribution in [1.29, 1.82) is 0 Å². The molecule has 2 N–H and O–H groups in total. The van der Waals surface area contributed by atoms with Crippen molar-refractivity contribution in [2.45, 2.75) is 45.6 Å². The van der Waals surface area contributed by atoms with Crippen molar-refractivity contribution in [3.05, 3.63) is 35.6 Å². The Bertz CT molecular complexity index is 502. The molecule has 1 aromatic rings. The molecule has 2 atom stereocenters. The van der Waals surface area contributed by atoms with Crippen LogP contribution in [0.5, 0.6) is 0 Å². The Morgan fingerprint density at radius 2 is 1.95 bits per heavy atom. The molecule has 0 aliphatic heterocycles. The number of amides is 1. The first-order valence-electron chi connectivity index (χ1n) is 7.07. The number of benzene rings is 1. The number of hydrogen-bond donors (Lipinski definition) is 2. The number of hydrogen-bond acceptors (Lipinski definition) is 2. The number of carbonyl (C=O) groups excluding carboxylic acids is 1. The summed E-state index contributed by atoms with van der Waals surface area (Å²) in [5.41, 5.74) is 0.723. The normalized spacial score (nSPS) is 13.8. The van der Waals surface area contributed by atoms with Gasteiger partial charge in [-0.15, -0.1) is 0 Å². The highest BCUT2D eigenvalue weighted by molar-refractivity contribution is 5.83. The number of carboxylic acids is 1. The predicted molar refractivity (Wildman–Crippen MR) is 78.5 cm³/mol. The Balaban J connectivity index is 2.61. The third-order valence-electron chi connectivity index (χ3n) is 3.25. The topological polar surface area (TPSA) is 66.4 Å². The summed E-state index contributed by atoms with van der Waals surface area (Å²) in [6, 6.07) is 5.21. The SMILES string of the molecule is CC(C)C[C@H](NC(=O)CC(C)c1cccc(F)c1)C(=O)O. The van der Waals surface area contributed by atoms with Gasteiger partial charge in [0.1, 0.15) is 11.9 Å². The number of halogens is 1. The summed E-state index contributed by atoms with van der Waals surface area (Å²) in [4.78, 5) is 23.0. The van der Waals surface area contributed by atoms with E-state index < -0.39 is 12.0 Å². The van der Waals surface area contributed by atoms with Crippen molar-refractivity contribution in [2.75, 3.05) is 0 Å². The lowest BCUT2D eigenvalue weighted by atomic mass is 9.97. The van der Waals surface area contributed by atoms with E-state index in [1.54, 1.807) is 12.1 Å². The van der Waals surface area contributed by atoms with Gasteiger partial charge in [0.25, 0.3) is 0 Å². The number of carboxylic acid groups (broad SMARTS) is 1. The lowest BCUT2D eigenvalue weighted by Gasteiger charge is -2.18. The maximum Gasteiger partial charge on any atom is 0.326 e. The molecule has 0 fully saturated rings. The molecule has 0 aliphatic carbocycles. The molecule has 0 saturated heterocycles. The van der Waals surface area contributed by atoms with Gasteiger partial charge in [-0.25, -0.2) is 9.18 Å². The van der Waals surface area contributed by atoms with Crippen molar-refractivity contribution in [1.82, 2.24) is 5.32 Å². The second-order valence-electron chi connectivity index (χ2n) is 5.75. The Morgan fingerprint density at radius 3 is 2.48 bits per heavy atom. The first-order valence-corrected chi connectivity index (χ1v) is 7.07. The van der Waals surface area contributed by atoms with Gasteiger partial charge in [0.05, 0.1) is 0 Å². The molecule has 1 unspecified atom stereocenters. The summed E-state index contributed by atoms with van der Waals surface area (Å²) in [7, 11) is 0. The number of nitrogens with one attached hydrogen (secondary N) is 1. The van der Waals surface area contributed by atoms with E-state index in [0.717, 1.165) is 5.56 Å². The van der Waals surface area contributed by atoms with Crippen LogP contribution < -0.4 is 5.32 Å². The zero-order valence-corrected chi connectivity index (χ0v) is 12.6. The average molecular weight is 295 g/mol. The molecule has 0 aliphatic rings. The zero-order valence-electron chi connectivity index (χ0n) is 12.6. The summed E-state index contributed by atoms with van der Waals surface area (Å²) >= 11 is 0. The fraction of sp³-hybridized carbons (Fsp3) is 0.500. The minimum Gasteiger partial charge on any atom is -0.480 e. The second kappa shape index (κ2) is 7.76. The van der Waals surface area contributed by atoms with E-state index in [-0.39, 0.29) is 30.0 Å². The van der Waals surface area contributed by atoms with E-state index in [1.165, 1.54) is 12.1 Å². The third-order valence-corrected chi connectivity index (χ3v) is 3.25. The summed E-state index contributed by atoms with van der Waals surface area (Å²) < 4.78 is 13.1. The maximum atomic E-state index is 13.1. The van der Waals surface area contributed by atoms with Crippen molar-refractivity contribution >= 4 is 11.9 Å². The monoisotopic (exact) mass is 295 g/mol. The van der Waals surface area contributed by atoms with E-state index in [1.807, 2.05) is 20.8 Å². The molecular weight excluding hydrogens is 273 g/mol. The Kier molecular flexibility index (Phi) is 6.34. The highest BCUT2D eigenvalue weighted by atomic mass is 19.1. The lowest BCUT2D eigenvalue weighted by Crippen LogP contribution is -2.41. The van der Waals surface area contributed by atoms with Gasteiger partial charge in [0, 0.05) is 6.42 Å². The number of carbonyl (C=O) groups is 2. The van der Waals surface area contributed by atoms with Crippen LogP contribution in [0.2, 0.25) is 0 Å². The van der Waals surface area contributed by atoms with Crippen molar-refractivity contribution in [3.8, 4) is 0 Å². The highest BCUT2D eigenvalue weighted by Gasteiger charge is 2.22. The molecule has 116 valence electrons. The molecule has 1 aromatic carbocycles. The molecule has 0 saturated carbocycles. The van der Waals surface area contributed by atoms with Gasteiger partial charge in [0.2, 0.25) is 5.91 Å². The quantitative estimate of drug-likeness (QED) is 0.812. The van der Waals surface area contributed by atoms with Gasteiger partial charge in [-0.2, -0.15) is 0 Å². The van der Waals surface area contributed by atoms with E-state index >= 15 is 0 Å². The van der Waals surface area contributed by atoms with Gasteiger partial charge in [-0.3, -0.25) is 4.79 Å². The molecule has 5 heteroatoms. The largest absolute Gasteiger partial charge is 0.480 e. The van der Waals surface area contributed by atoms with Crippen LogP contribution in [-0.4, -0.2) is 23.0 Å². The Hall–Kier alpha value is -1.91. The van der Waals surface area contributed by atoms with E-state index in [2.05, 4.69) is 5.32 Å². The zero-order chi connectivity index (χ0) is 16.0. The predicted octanol–water partition coefficient (Wildman–Crippen LogP) is 2.93. The minimum absolute atomic E-state index is 0.130. The van der Waals surface area contributed by atoms with Gasteiger partial charge in [0.15, 0.2) is 0 Å². The van der Waals surface area contributed by atoms with Crippen LogP contribution in [0, 0.1) is 11.7 Å². The third kappa shape index (κ3) is 5.94. The van der Waals surface area contributed by atoms with Crippen LogP contribution in [0.1, 0.15) is 45.1 Å². The number of aliphatic carboxylic acids is 1. The van der Waals surface area contributed by atoms with Crippen LogP contribution in [0.25, 0.3) is 0 Å². The standard InChI is InChI=1S/C16H22FNO3/c1-10(2)7-14(16(20)21)18-15(19)8-11(3)12-5-4-6-13(17)9-12/h4-6,9-11,14H,7-8H2,1-3H3,(H,18,19)(H,20,21)/t11?,14-/m0/s1. The fourth-order valence-electron chi connectivity index (χ4n) is 2.16. The van der Waals surface area contributed by atoms with Crippen LogP contribution in [0.15, 0.2) is 24.3 Å². The molecule has 0 aromatic heterocycles. The van der Waals surface area contributed by atoms with E-state index in [0.29, 0.717) is 6.42 Å². The first kappa shape index (κ1) is 17.1. The molecule has 0 bridgehead atoms. The fourth-order valence-corrected chi connectivity index (χ4v) is 2.16. The lowest BCUT2D eigenvalue weighted by molar-refractivity contribution is -0.142. The van der Waals surface area contributed by atoms with Crippen LogP contribution in [-0.2, 0) is 9.59 Å². The highest BCUT2D eigenvalue weighted by Crippen LogP contribution is 2.19. The Labute approximate surface area is 124 Å². The van der Waals surface area contributed by atoms with Crippen molar-refractivity contribution in [3.63, 3.8) is 0 Å². The summed E-state index contributed by atoms with van der Waals surface area (Å²) in [5, 5.41) is 11.6.